The smallest absolute Gasteiger partial charge is 0.0798 e. The first-order valence-electron chi connectivity index (χ1n) is 5.67. The fourth-order valence-electron chi connectivity index (χ4n) is 1.78. The van der Waals surface area contributed by atoms with Crippen molar-refractivity contribution in [3.63, 3.8) is 0 Å². The molecule has 18 heavy (non-hydrogen) atoms. The maximum atomic E-state index is 5.95. The molecule has 0 radical (unpaired) electrons. The summed E-state index contributed by atoms with van der Waals surface area (Å²) in [4.78, 5) is 7.77. The van der Waals surface area contributed by atoms with Crippen LogP contribution in [0.15, 0.2) is 23.7 Å². The molecular formula is C13H16ClN3S. The molecule has 1 aromatic carbocycles. The third-order valence-corrected chi connectivity index (χ3v) is 3.96. The van der Waals surface area contributed by atoms with Gasteiger partial charge in [0, 0.05) is 28.7 Å². The summed E-state index contributed by atoms with van der Waals surface area (Å²) in [7, 11) is 2.08. The second kappa shape index (κ2) is 5.69. The molecule has 1 aromatic heterocycles. The zero-order chi connectivity index (χ0) is 13.1. The second-order valence-electron chi connectivity index (χ2n) is 4.38. The second-order valence-corrected chi connectivity index (χ2v) is 5.75. The van der Waals surface area contributed by atoms with Gasteiger partial charge < -0.3 is 5.73 Å². The molecule has 5 heteroatoms. The molecule has 0 unspecified atom stereocenters. The highest BCUT2D eigenvalue weighted by molar-refractivity contribution is 7.09. The lowest BCUT2D eigenvalue weighted by Crippen LogP contribution is -2.18. The number of nitrogen functional groups attached to an aromatic ring is 1. The van der Waals surface area contributed by atoms with E-state index in [0.29, 0.717) is 5.02 Å². The molecule has 0 aliphatic carbocycles. The number of benzene rings is 1. The van der Waals surface area contributed by atoms with Gasteiger partial charge in [-0.25, -0.2) is 4.98 Å². The Hall–Kier alpha value is -1.10. The Morgan fingerprint density at radius 1 is 1.39 bits per heavy atom. The average Bonchev–Trinajstić information content (AvgIpc) is 2.69. The maximum Gasteiger partial charge on any atom is 0.0798 e. The third kappa shape index (κ3) is 3.22. The van der Waals surface area contributed by atoms with Crippen LogP contribution in [0.5, 0.6) is 0 Å². The van der Waals surface area contributed by atoms with Crippen molar-refractivity contribution >= 4 is 28.6 Å². The largest absolute Gasteiger partial charge is 0.398 e. The first kappa shape index (κ1) is 13.3. The molecule has 0 aliphatic rings. The number of hydrogen-bond acceptors (Lipinski definition) is 4. The topological polar surface area (TPSA) is 42.2 Å². The number of halogens is 1. The monoisotopic (exact) mass is 281 g/mol. The van der Waals surface area contributed by atoms with E-state index in [0.717, 1.165) is 30.0 Å². The highest BCUT2D eigenvalue weighted by atomic mass is 35.5. The normalized spacial score (nSPS) is 11.1. The summed E-state index contributed by atoms with van der Waals surface area (Å²) in [5.41, 5.74) is 10.8. The lowest BCUT2D eigenvalue weighted by Gasteiger charge is -2.17. The third-order valence-electron chi connectivity index (χ3n) is 2.81. The zero-order valence-electron chi connectivity index (χ0n) is 10.5. The molecular weight excluding hydrogens is 266 g/mol. The first-order valence-corrected chi connectivity index (χ1v) is 6.93. The van der Waals surface area contributed by atoms with E-state index in [1.807, 2.05) is 24.6 Å². The molecule has 0 spiro atoms. The zero-order valence-corrected chi connectivity index (χ0v) is 12.1. The molecule has 0 aliphatic heterocycles. The van der Waals surface area contributed by atoms with Crippen LogP contribution in [0.3, 0.4) is 0 Å². The summed E-state index contributed by atoms with van der Waals surface area (Å²) in [5, 5.41) is 0.678. The summed E-state index contributed by atoms with van der Waals surface area (Å²) in [6, 6.07) is 5.65. The molecule has 0 fully saturated rings. The first-order chi connectivity index (χ1) is 8.56. The summed E-state index contributed by atoms with van der Waals surface area (Å²) < 4.78 is 0. The summed E-state index contributed by atoms with van der Waals surface area (Å²) in [6.07, 6.45) is 0. The van der Waals surface area contributed by atoms with Crippen molar-refractivity contribution in [1.82, 2.24) is 9.88 Å². The van der Waals surface area contributed by atoms with Crippen molar-refractivity contribution in [2.45, 2.75) is 20.0 Å². The van der Waals surface area contributed by atoms with E-state index in [4.69, 9.17) is 17.3 Å². The molecule has 0 saturated heterocycles. The fourth-order valence-corrected chi connectivity index (χ4v) is 2.82. The van der Waals surface area contributed by atoms with Gasteiger partial charge in [0.15, 0.2) is 0 Å². The van der Waals surface area contributed by atoms with Gasteiger partial charge in [-0.05, 0) is 31.7 Å². The number of aryl methyl sites for hydroxylation is 1. The van der Waals surface area contributed by atoms with Crippen molar-refractivity contribution in [1.29, 1.82) is 0 Å². The minimum atomic E-state index is 0.678. The Kier molecular flexibility index (Phi) is 4.22. The number of anilines is 1. The number of aromatic nitrogens is 1. The van der Waals surface area contributed by atoms with Crippen LogP contribution >= 0.6 is 22.9 Å². The molecule has 2 aromatic rings. The molecule has 0 amide bonds. The van der Waals surface area contributed by atoms with Crippen molar-refractivity contribution in [2.75, 3.05) is 12.8 Å². The quantitative estimate of drug-likeness (QED) is 0.874. The molecule has 0 saturated carbocycles. The van der Waals surface area contributed by atoms with Crippen LogP contribution in [0.25, 0.3) is 0 Å². The number of rotatable bonds is 4. The lowest BCUT2D eigenvalue weighted by molar-refractivity contribution is 0.321. The molecule has 96 valence electrons. The van der Waals surface area contributed by atoms with Crippen LogP contribution in [0, 0.1) is 6.92 Å². The van der Waals surface area contributed by atoms with E-state index < -0.39 is 0 Å². The van der Waals surface area contributed by atoms with Crippen molar-refractivity contribution in [2.24, 2.45) is 0 Å². The van der Waals surface area contributed by atoms with Gasteiger partial charge in [0.1, 0.15) is 0 Å². The van der Waals surface area contributed by atoms with Gasteiger partial charge >= 0.3 is 0 Å². The van der Waals surface area contributed by atoms with Gasteiger partial charge in [-0.15, -0.1) is 11.3 Å². The van der Waals surface area contributed by atoms with E-state index in [1.54, 1.807) is 17.4 Å². The Bertz CT molecular complexity index is 539. The predicted molar refractivity (Wildman–Crippen MR) is 77.9 cm³/mol. The summed E-state index contributed by atoms with van der Waals surface area (Å²) >= 11 is 7.58. The van der Waals surface area contributed by atoms with Gasteiger partial charge in [-0.3, -0.25) is 4.90 Å². The standard InChI is InChI=1S/C13H16ClN3S/c1-9-13(18-8-16-9)7-17(2)6-10-3-4-11(14)5-12(10)15/h3-5,8H,6-7,15H2,1-2H3. The lowest BCUT2D eigenvalue weighted by atomic mass is 10.1. The number of nitrogens with two attached hydrogens (primary N) is 1. The van der Waals surface area contributed by atoms with E-state index in [2.05, 4.69) is 16.9 Å². The molecule has 3 nitrogen and oxygen atoms in total. The molecule has 0 bridgehead atoms. The van der Waals surface area contributed by atoms with Gasteiger partial charge in [-0.1, -0.05) is 17.7 Å². The summed E-state index contributed by atoms with van der Waals surface area (Å²) in [5.74, 6) is 0. The summed E-state index contributed by atoms with van der Waals surface area (Å²) in [6.45, 7) is 3.73. The average molecular weight is 282 g/mol. The Morgan fingerprint density at radius 3 is 2.78 bits per heavy atom. The predicted octanol–water partition coefficient (Wildman–Crippen LogP) is 3.32. The van der Waals surface area contributed by atoms with Gasteiger partial charge in [0.05, 0.1) is 11.2 Å². The van der Waals surface area contributed by atoms with Crippen LogP contribution in [0.1, 0.15) is 16.1 Å². The minimum absolute atomic E-state index is 0.678. The van der Waals surface area contributed by atoms with Crippen molar-refractivity contribution < 1.29 is 0 Å². The van der Waals surface area contributed by atoms with Gasteiger partial charge in [0.25, 0.3) is 0 Å². The highest BCUT2D eigenvalue weighted by Gasteiger charge is 2.08. The Labute approximate surface area is 116 Å². The van der Waals surface area contributed by atoms with Crippen LogP contribution in [-0.4, -0.2) is 16.9 Å². The maximum absolute atomic E-state index is 5.95. The Morgan fingerprint density at radius 2 is 2.17 bits per heavy atom. The number of hydrogen-bond donors (Lipinski definition) is 1. The van der Waals surface area contributed by atoms with E-state index >= 15 is 0 Å². The molecule has 0 atom stereocenters. The van der Waals surface area contributed by atoms with Gasteiger partial charge in [-0.2, -0.15) is 0 Å². The van der Waals surface area contributed by atoms with Crippen molar-refractivity contribution in [3.05, 3.63) is 44.9 Å². The van der Waals surface area contributed by atoms with E-state index in [1.165, 1.54) is 4.88 Å². The number of thiazole rings is 1. The fraction of sp³-hybridized carbons (Fsp3) is 0.308. The van der Waals surface area contributed by atoms with Crippen LogP contribution in [-0.2, 0) is 13.1 Å². The van der Waals surface area contributed by atoms with Gasteiger partial charge in [0.2, 0.25) is 0 Å². The highest BCUT2D eigenvalue weighted by Crippen LogP contribution is 2.21. The molecule has 2 rings (SSSR count). The minimum Gasteiger partial charge on any atom is -0.398 e. The van der Waals surface area contributed by atoms with Crippen LogP contribution < -0.4 is 5.73 Å². The Balaban J connectivity index is 2.03. The molecule has 1 heterocycles. The van der Waals surface area contributed by atoms with Crippen LogP contribution in [0.2, 0.25) is 5.02 Å². The van der Waals surface area contributed by atoms with Crippen LogP contribution in [0.4, 0.5) is 5.69 Å². The van der Waals surface area contributed by atoms with E-state index in [9.17, 15) is 0 Å². The van der Waals surface area contributed by atoms with Crippen molar-refractivity contribution in [3.8, 4) is 0 Å². The van der Waals surface area contributed by atoms with E-state index in [-0.39, 0.29) is 0 Å². The SMILES string of the molecule is Cc1ncsc1CN(C)Cc1ccc(Cl)cc1N. The molecule has 2 N–H and O–H groups in total. The number of nitrogens with zero attached hydrogens (tertiary/aromatic N) is 2.